The third-order valence-corrected chi connectivity index (χ3v) is 3.34. The highest BCUT2D eigenvalue weighted by molar-refractivity contribution is 5.56. The fraction of sp³-hybridized carbons (Fsp3) is 0.467. The van der Waals surface area contributed by atoms with Gasteiger partial charge in [0.05, 0.1) is 17.1 Å². The fourth-order valence-electron chi connectivity index (χ4n) is 2.12. The number of hydrogen-bond donors (Lipinski definition) is 2. The molecule has 2 atom stereocenters. The SMILES string of the molecule is CC(O)CNC(c1nc(-c2ccc([N+](=O)[O-])cc2)no1)C(C)C. The first-order chi connectivity index (χ1) is 10.9. The standard InChI is InChI=1S/C15H20N4O4/c1-9(2)13(16-8-10(3)20)15-17-14(18-23-15)11-4-6-12(7-5-11)19(21)22/h4-7,9-10,13,16,20H,8H2,1-3H3. The van der Waals surface area contributed by atoms with Gasteiger partial charge in [-0.2, -0.15) is 4.98 Å². The van der Waals surface area contributed by atoms with Crippen molar-refractivity contribution < 1.29 is 14.6 Å². The Balaban J connectivity index is 2.19. The molecule has 0 saturated heterocycles. The van der Waals surface area contributed by atoms with Gasteiger partial charge in [0.25, 0.3) is 5.69 Å². The molecule has 0 spiro atoms. The van der Waals surface area contributed by atoms with Gasteiger partial charge in [-0.15, -0.1) is 0 Å². The molecule has 124 valence electrons. The Morgan fingerprint density at radius 1 is 1.30 bits per heavy atom. The maximum atomic E-state index is 10.7. The van der Waals surface area contributed by atoms with Crippen LogP contribution in [0.2, 0.25) is 0 Å². The van der Waals surface area contributed by atoms with Crippen molar-refractivity contribution in [2.24, 2.45) is 5.92 Å². The highest BCUT2D eigenvalue weighted by Crippen LogP contribution is 2.24. The summed E-state index contributed by atoms with van der Waals surface area (Å²) in [6, 6.07) is 5.79. The van der Waals surface area contributed by atoms with Gasteiger partial charge in [0, 0.05) is 24.2 Å². The number of nitrogens with zero attached hydrogens (tertiary/aromatic N) is 3. The lowest BCUT2D eigenvalue weighted by molar-refractivity contribution is -0.384. The molecule has 2 rings (SSSR count). The van der Waals surface area contributed by atoms with E-state index in [0.717, 1.165) is 0 Å². The average molecular weight is 320 g/mol. The molecule has 0 aliphatic rings. The van der Waals surface area contributed by atoms with Crippen LogP contribution < -0.4 is 5.32 Å². The number of nitro groups is 1. The maximum Gasteiger partial charge on any atom is 0.269 e. The van der Waals surface area contributed by atoms with Crippen molar-refractivity contribution in [2.45, 2.75) is 32.9 Å². The molecule has 1 heterocycles. The summed E-state index contributed by atoms with van der Waals surface area (Å²) in [6.45, 7) is 6.13. The molecule has 2 N–H and O–H groups in total. The Bertz CT molecular complexity index is 652. The monoisotopic (exact) mass is 320 g/mol. The quantitative estimate of drug-likeness (QED) is 0.594. The third kappa shape index (κ3) is 4.33. The minimum Gasteiger partial charge on any atom is -0.392 e. The second-order valence-corrected chi connectivity index (χ2v) is 5.74. The normalized spacial score (nSPS) is 14.0. The smallest absolute Gasteiger partial charge is 0.269 e. The largest absolute Gasteiger partial charge is 0.392 e. The van der Waals surface area contributed by atoms with E-state index in [1.807, 2.05) is 13.8 Å². The summed E-state index contributed by atoms with van der Waals surface area (Å²) in [5.74, 6) is 0.993. The fourth-order valence-corrected chi connectivity index (χ4v) is 2.12. The van der Waals surface area contributed by atoms with Crippen LogP contribution in [-0.2, 0) is 0 Å². The zero-order valence-electron chi connectivity index (χ0n) is 13.3. The Kier molecular flexibility index (Phi) is 5.41. The van der Waals surface area contributed by atoms with E-state index < -0.39 is 11.0 Å². The Morgan fingerprint density at radius 3 is 2.48 bits per heavy atom. The summed E-state index contributed by atoms with van der Waals surface area (Å²) in [6.07, 6.45) is -0.478. The van der Waals surface area contributed by atoms with E-state index in [4.69, 9.17) is 4.52 Å². The van der Waals surface area contributed by atoms with E-state index in [2.05, 4.69) is 15.5 Å². The van der Waals surface area contributed by atoms with Crippen molar-refractivity contribution in [3.05, 3.63) is 40.3 Å². The zero-order chi connectivity index (χ0) is 17.0. The summed E-state index contributed by atoms with van der Waals surface area (Å²) in [5, 5.41) is 27.2. The summed E-state index contributed by atoms with van der Waals surface area (Å²) in [5.41, 5.74) is 0.653. The number of nitrogens with one attached hydrogen (secondary N) is 1. The average Bonchev–Trinajstić information content (AvgIpc) is 2.96. The Hall–Kier alpha value is -2.32. The summed E-state index contributed by atoms with van der Waals surface area (Å²) in [7, 11) is 0. The Morgan fingerprint density at radius 2 is 1.96 bits per heavy atom. The van der Waals surface area contributed by atoms with Crippen molar-refractivity contribution in [3.8, 4) is 11.4 Å². The van der Waals surface area contributed by atoms with E-state index in [0.29, 0.717) is 23.8 Å². The van der Waals surface area contributed by atoms with E-state index in [9.17, 15) is 15.2 Å². The lowest BCUT2D eigenvalue weighted by atomic mass is 10.0. The van der Waals surface area contributed by atoms with Gasteiger partial charge < -0.3 is 14.9 Å². The van der Waals surface area contributed by atoms with E-state index in [-0.39, 0.29) is 17.6 Å². The summed E-state index contributed by atoms with van der Waals surface area (Å²) >= 11 is 0. The first-order valence-electron chi connectivity index (χ1n) is 7.38. The van der Waals surface area contributed by atoms with Crippen LogP contribution >= 0.6 is 0 Å². The van der Waals surface area contributed by atoms with Crippen LogP contribution in [0.1, 0.15) is 32.7 Å². The Labute approximate surface area is 133 Å². The highest BCUT2D eigenvalue weighted by atomic mass is 16.6. The molecule has 0 aliphatic heterocycles. The number of non-ortho nitro benzene ring substituents is 1. The van der Waals surface area contributed by atoms with Gasteiger partial charge in [0.2, 0.25) is 11.7 Å². The number of hydrogen-bond acceptors (Lipinski definition) is 7. The van der Waals surface area contributed by atoms with E-state index in [1.165, 1.54) is 12.1 Å². The molecule has 1 aromatic heterocycles. The maximum absolute atomic E-state index is 10.7. The molecule has 0 aliphatic carbocycles. The molecular formula is C15H20N4O4. The molecule has 0 saturated carbocycles. The number of rotatable bonds is 7. The van der Waals surface area contributed by atoms with Gasteiger partial charge in [-0.25, -0.2) is 0 Å². The third-order valence-electron chi connectivity index (χ3n) is 3.34. The molecule has 0 bridgehead atoms. The van der Waals surface area contributed by atoms with E-state index >= 15 is 0 Å². The van der Waals surface area contributed by atoms with Crippen molar-refractivity contribution in [3.63, 3.8) is 0 Å². The predicted molar refractivity (Wildman–Crippen MR) is 83.7 cm³/mol. The molecule has 23 heavy (non-hydrogen) atoms. The van der Waals surface area contributed by atoms with Crippen molar-refractivity contribution >= 4 is 5.69 Å². The highest BCUT2D eigenvalue weighted by Gasteiger charge is 2.23. The van der Waals surface area contributed by atoms with Crippen LogP contribution in [0.4, 0.5) is 5.69 Å². The van der Waals surface area contributed by atoms with Crippen LogP contribution in [0.5, 0.6) is 0 Å². The molecule has 1 aromatic carbocycles. The molecular weight excluding hydrogens is 300 g/mol. The number of nitro benzene ring substituents is 1. The van der Waals surface area contributed by atoms with Crippen LogP contribution in [0, 0.1) is 16.0 Å². The minimum atomic E-state index is -0.478. The second-order valence-electron chi connectivity index (χ2n) is 5.74. The van der Waals surface area contributed by atoms with Crippen molar-refractivity contribution in [1.82, 2.24) is 15.5 Å². The van der Waals surface area contributed by atoms with Gasteiger partial charge in [0.1, 0.15) is 0 Å². The van der Waals surface area contributed by atoms with E-state index in [1.54, 1.807) is 19.1 Å². The number of aliphatic hydroxyl groups is 1. The van der Waals surface area contributed by atoms with Gasteiger partial charge in [-0.3, -0.25) is 10.1 Å². The molecule has 2 aromatic rings. The number of benzene rings is 1. The topological polar surface area (TPSA) is 114 Å². The summed E-state index contributed by atoms with van der Waals surface area (Å²) < 4.78 is 5.31. The second kappa shape index (κ2) is 7.30. The lowest BCUT2D eigenvalue weighted by Gasteiger charge is -2.19. The van der Waals surface area contributed by atoms with Crippen LogP contribution in [-0.4, -0.2) is 32.8 Å². The van der Waals surface area contributed by atoms with Gasteiger partial charge in [0.15, 0.2) is 0 Å². The van der Waals surface area contributed by atoms with Gasteiger partial charge in [-0.1, -0.05) is 19.0 Å². The minimum absolute atomic E-state index is 0.0103. The van der Waals surface area contributed by atoms with Crippen molar-refractivity contribution in [1.29, 1.82) is 0 Å². The van der Waals surface area contributed by atoms with Gasteiger partial charge in [-0.05, 0) is 25.0 Å². The predicted octanol–water partition coefficient (Wildman–Crippen LogP) is 2.31. The first kappa shape index (κ1) is 17.0. The molecule has 2 unspecified atom stereocenters. The summed E-state index contributed by atoms with van der Waals surface area (Å²) in [4.78, 5) is 14.6. The van der Waals surface area contributed by atoms with Crippen LogP contribution in [0.3, 0.4) is 0 Å². The molecule has 8 heteroatoms. The first-order valence-corrected chi connectivity index (χ1v) is 7.38. The molecule has 0 amide bonds. The molecule has 8 nitrogen and oxygen atoms in total. The number of aliphatic hydroxyl groups excluding tert-OH is 1. The molecule has 0 fully saturated rings. The van der Waals surface area contributed by atoms with Crippen molar-refractivity contribution in [2.75, 3.05) is 6.54 Å². The molecule has 0 radical (unpaired) electrons. The number of aromatic nitrogens is 2. The zero-order valence-corrected chi connectivity index (χ0v) is 13.3. The lowest BCUT2D eigenvalue weighted by Crippen LogP contribution is -2.31. The van der Waals surface area contributed by atoms with Crippen LogP contribution in [0.15, 0.2) is 28.8 Å². The van der Waals surface area contributed by atoms with Crippen LogP contribution in [0.25, 0.3) is 11.4 Å². The van der Waals surface area contributed by atoms with Gasteiger partial charge >= 0.3 is 0 Å².